The number of carbonyl (C=O) groups excluding carboxylic acids is 1. The molecule has 198 valence electrons. The number of aromatic nitrogens is 3. The average molecular weight is 517 g/mol. The molecule has 0 saturated heterocycles. The van der Waals surface area contributed by atoms with Crippen molar-refractivity contribution in [2.24, 2.45) is 0 Å². The number of nitrogens with zero attached hydrogens (tertiary/aromatic N) is 4. The van der Waals surface area contributed by atoms with Crippen molar-refractivity contribution in [1.82, 2.24) is 19.7 Å². The average Bonchev–Trinajstić information content (AvgIpc) is 3.22. The van der Waals surface area contributed by atoms with Gasteiger partial charge in [-0.25, -0.2) is 4.98 Å². The number of ether oxygens (including phenoxy) is 4. The van der Waals surface area contributed by atoms with Crippen molar-refractivity contribution in [3.05, 3.63) is 59.4 Å². The number of aryl methyl sites for hydroxylation is 3. The highest BCUT2D eigenvalue weighted by Crippen LogP contribution is 2.40. The van der Waals surface area contributed by atoms with Gasteiger partial charge in [-0.2, -0.15) is 5.10 Å². The van der Waals surface area contributed by atoms with E-state index in [2.05, 4.69) is 5.10 Å². The minimum atomic E-state index is 0.0514. The Labute approximate surface area is 221 Å². The number of hydrogen-bond acceptors (Lipinski definition) is 7. The molecule has 2 aromatic heterocycles. The lowest BCUT2D eigenvalue weighted by Gasteiger charge is -2.20. The Kier molecular flexibility index (Phi) is 7.09. The van der Waals surface area contributed by atoms with Crippen LogP contribution >= 0.6 is 0 Å². The van der Waals surface area contributed by atoms with Crippen LogP contribution in [0.4, 0.5) is 0 Å². The number of rotatable bonds is 7. The second kappa shape index (κ2) is 10.6. The Morgan fingerprint density at radius 2 is 1.76 bits per heavy atom. The second-order valence-electron chi connectivity index (χ2n) is 9.32. The molecule has 38 heavy (non-hydrogen) atoms. The molecular weight excluding hydrogens is 484 g/mol. The molecule has 1 amide bonds. The van der Waals surface area contributed by atoms with Gasteiger partial charge < -0.3 is 23.8 Å². The van der Waals surface area contributed by atoms with Crippen LogP contribution in [0.25, 0.3) is 22.2 Å². The summed E-state index contributed by atoms with van der Waals surface area (Å²) in [6.07, 6.45) is 2.25. The first-order valence-corrected chi connectivity index (χ1v) is 12.6. The van der Waals surface area contributed by atoms with Crippen molar-refractivity contribution in [3.8, 4) is 34.3 Å². The summed E-state index contributed by atoms with van der Waals surface area (Å²) in [6.45, 7) is 5.80. The topological polar surface area (TPSA) is 87.9 Å². The number of carbonyl (C=O) groups is 1. The molecule has 0 fully saturated rings. The SMILES string of the molecule is COc1cc(-c2cc(C)c3c(OC)ccc(OC)c3n2)cc2c1OCCN(C(=O)CCn1ccc(C)n1)C2. The van der Waals surface area contributed by atoms with Crippen LogP contribution in [0.5, 0.6) is 23.0 Å². The Hall–Kier alpha value is -4.27. The van der Waals surface area contributed by atoms with Crippen LogP contribution in [-0.2, 0) is 17.9 Å². The van der Waals surface area contributed by atoms with E-state index >= 15 is 0 Å². The van der Waals surface area contributed by atoms with Gasteiger partial charge in [-0.05, 0) is 55.8 Å². The Morgan fingerprint density at radius 1 is 1.00 bits per heavy atom. The molecule has 0 N–H and O–H groups in total. The molecule has 0 saturated carbocycles. The third kappa shape index (κ3) is 4.83. The van der Waals surface area contributed by atoms with Gasteiger partial charge in [0.2, 0.25) is 5.91 Å². The number of methoxy groups -OCH3 is 3. The fraction of sp³-hybridized carbons (Fsp3) is 0.345. The van der Waals surface area contributed by atoms with E-state index < -0.39 is 0 Å². The van der Waals surface area contributed by atoms with E-state index in [4.69, 9.17) is 23.9 Å². The first-order chi connectivity index (χ1) is 18.4. The van der Waals surface area contributed by atoms with Crippen LogP contribution in [0.3, 0.4) is 0 Å². The van der Waals surface area contributed by atoms with Crippen molar-refractivity contribution < 1.29 is 23.7 Å². The minimum Gasteiger partial charge on any atom is -0.496 e. The van der Waals surface area contributed by atoms with Gasteiger partial charge in [0.05, 0.1) is 39.3 Å². The predicted octanol–water partition coefficient (Wildman–Crippen LogP) is 4.55. The lowest BCUT2D eigenvalue weighted by Crippen LogP contribution is -2.33. The molecule has 2 aromatic carbocycles. The zero-order chi connectivity index (χ0) is 26.8. The normalized spacial score (nSPS) is 13.0. The molecule has 0 bridgehead atoms. The lowest BCUT2D eigenvalue weighted by molar-refractivity contribution is -0.132. The quantitative estimate of drug-likeness (QED) is 0.356. The van der Waals surface area contributed by atoms with Crippen LogP contribution in [0.15, 0.2) is 42.6 Å². The van der Waals surface area contributed by atoms with Gasteiger partial charge in [0.25, 0.3) is 0 Å². The molecule has 1 aliphatic heterocycles. The van der Waals surface area contributed by atoms with Crippen LogP contribution in [0.1, 0.15) is 23.2 Å². The van der Waals surface area contributed by atoms with Gasteiger partial charge >= 0.3 is 0 Å². The summed E-state index contributed by atoms with van der Waals surface area (Å²) in [5, 5.41) is 5.29. The summed E-state index contributed by atoms with van der Waals surface area (Å²) >= 11 is 0. The molecule has 0 spiro atoms. The summed E-state index contributed by atoms with van der Waals surface area (Å²) in [6, 6.07) is 11.7. The molecule has 9 nitrogen and oxygen atoms in total. The first kappa shape index (κ1) is 25.4. The monoisotopic (exact) mass is 516 g/mol. The molecule has 0 unspecified atom stereocenters. The third-order valence-corrected chi connectivity index (χ3v) is 6.82. The van der Waals surface area contributed by atoms with Crippen molar-refractivity contribution in [2.75, 3.05) is 34.5 Å². The van der Waals surface area contributed by atoms with E-state index in [-0.39, 0.29) is 5.91 Å². The van der Waals surface area contributed by atoms with Crippen LogP contribution < -0.4 is 18.9 Å². The maximum absolute atomic E-state index is 13.1. The molecule has 0 aliphatic carbocycles. The summed E-state index contributed by atoms with van der Waals surface area (Å²) in [5.74, 6) is 2.72. The summed E-state index contributed by atoms with van der Waals surface area (Å²) in [5.41, 5.74) is 5.16. The highest BCUT2D eigenvalue weighted by atomic mass is 16.5. The van der Waals surface area contributed by atoms with Gasteiger partial charge in [0, 0.05) is 42.2 Å². The molecule has 9 heteroatoms. The molecule has 1 aliphatic rings. The Balaban J connectivity index is 1.50. The number of benzene rings is 2. The van der Waals surface area contributed by atoms with Gasteiger partial charge in [-0.1, -0.05) is 0 Å². The van der Waals surface area contributed by atoms with Crippen molar-refractivity contribution in [2.45, 2.75) is 33.4 Å². The maximum Gasteiger partial charge on any atom is 0.224 e. The smallest absolute Gasteiger partial charge is 0.224 e. The largest absolute Gasteiger partial charge is 0.496 e. The van der Waals surface area contributed by atoms with E-state index in [1.54, 1.807) is 26.0 Å². The molecule has 4 aromatic rings. The Bertz CT molecular complexity index is 1500. The standard InChI is InChI=1S/C29H32N4O5/c1-18-14-22(30-28-24(36-4)7-6-23(35-3)27(18)28)20-15-21-17-32(12-13-38-29(21)25(16-20)37-5)26(34)9-11-33-10-8-19(2)31-33/h6-8,10,14-16H,9,11-13,17H2,1-5H3. The maximum atomic E-state index is 13.1. The molecular formula is C29H32N4O5. The zero-order valence-electron chi connectivity index (χ0n) is 22.4. The van der Waals surface area contributed by atoms with Crippen molar-refractivity contribution >= 4 is 16.8 Å². The van der Waals surface area contributed by atoms with E-state index in [1.165, 1.54) is 0 Å². The minimum absolute atomic E-state index is 0.0514. The van der Waals surface area contributed by atoms with E-state index in [9.17, 15) is 4.79 Å². The van der Waals surface area contributed by atoms with Crippen LogP contribution in [0, 0.1) is 13.8 Å². The fourth-order valence-electron chi connectivity index (χ4n) is 4.91. The lowest BCUT2D eigenvalue weighted by atomic mass is 10.0. The van der Waals surface area contributed by atoms with E-state index in [0.29, 0.717) is 49.9 Å². The van der Waals surface area contributed by atoms with Gasteiger partial charge in [-0.15, -0.1) is 0 Å². The third-order valence-electron chi connectivity index (χ3n) is 6.82. The zero-order valence-corrected chi connectivity index (χ0v) is 22.4. The highest BCUT2D eigenvalue weighted by molar-refractivity contribution is 5.94. The first-order valence-electron chi connectivity index (χ1n) is 12.6. The number of pyridine rings is 1. The summed E-state index contributed by atoms with van der Waals surface area (Å²) in [7, 11) is 4.90. The molecule has 5 rings (SSSR count). The van der Waals surface area contributed by atoms with Crippen molar-refractivity contribution in [3.63, 3.8) is 0 Å². The molecule has 0 radical (unpaired) electrons. The second-order valence-corrected chi connectivity index (χ2v) is 9.32. The van der Waals surface area contributed by atoms with Gasteiger partial charge in [0.1, 0.15) is 23.6 Å². The van der Waals surface area contributed by atoms with E-state index in [1.807, 2.05) is 61.3 Å². The molecule has 0 atom stereocenters. The number of hydrogen-bond donors (Lipinski definition) is 0. The van der Waals surface area contributed by atoms with Gasteiger partial charge in [-0.3, -0.25) is 9.48 Å². The number of fused-ring (bicyclic) bond motifs is 2. The molecule has 3 heterocycles. The predicted molar refractivity (Wildman–Crippen MR) is 144 cm³/mol. The number of amides is 1. The highest BCUT2D eigenvalue weighted by Gasteiger charge is 2.24. The Morgan fingerprint density at radius 3 is 2.47 bits per heavy atom. The van der Waals surface area contributed by atoms with E-state index in [0.717, 1.165) is 44.7 Å². The summed E-state index contributed by atoms with van der Waals surface area (Å²) in [4.78, 5) is 19.9. The van der Waals surface area contributed by atoms with Crippen LogP contribution in [0.2, 0.25) is 0 Å². The van der Waals surface area contributed by atoms with Crippen molar-refractivity contribution in [1.29, 1.82) is 0 Å². The fourth-order valence-corrected chi connectivity index (χ4v) is 4.91. The summed E-state index contributed by atoms with van der Waals surface area (Å²) < 4.78 is 24.8. The van der Waals surface area contributed by atoms with Gasteiger partial charge in [0.15, 0.2) is 11.5 Å². The van der Waals surface area contributed by atoms with Crippen LogP contribution in [-0.4, -0.2) is 60.1 Å².